The highest BCUT2D eigenvalue weighted by Gasteiger charge is 2.50. The molecule has 0 spiro atoms. The molecular formula is C13H16NO2P. The van der Waals surface area contributed by atoms with Gasteiger partial charge in [-0.05, 0) is 37.0 Å². The van der Waals surface area contributed by atoms with E-state index >= 15 is 0 Å². The minimum atomic E-state index is -0.394. The number of amides is 1. The summed E-state index contributed by atoms with van der Waals surface area (Å²) in [5, 5.41) is -0.218. The van der Waals surface area contributed by atoms with E-state index < -0.39 is 5.41 Å². The van der Waals surface area contributed by atoms with E-state index in [0.29, 0.717) is 0 Å². The van der Waals surface area contributed by atoms with Gasteiger partial charge in [-0.2, -0.15) is 0 Å². The molecule has 1 aromatic carbocycles. The summed E-state index contributed by atoms with van der Waals surface area (Å²) in [6.07, 6.45) is 2.61. The lowest BCUT2D eigenvalue weighted by atomic mass is 9.93. The predicted octanol–water partition coefficient (Wildman–Crippen LogP) is 1.73. The Morgan fingerprint density at radius 2 is 2.18 bits per heavy atom. The van der Waals surface area contributed by atoms with E-state index in [0.717, 1.165) is 30.6 Å². The maximum absolute atomic E-state index is 11.5. The number of nitrogens with two attached hydrogens (primary N) is 1. The molecule has 2 aliphatic rings. The van der Waals surface area contributed by atoms with Crippen LogP contribution in [0.15, 0.2) is 18.2 Å². The lowest BCUT2D eigenvalue weighted by Gasteiger charge is -2.16. The van der Waals surface area contributed by atoms with Crippen molar-refractivity contribution in [2.75, 3.05) is 0 Å². The van der Waals surface area contributed by atoms with Gasteiger partial charge in [-0.3, -0.25) is 4.79 Å². The zero-order valence-electron chi connectivity index (χ0n) is 9.82. The fourth-order valence-corrected chi connectivity index (χ4v) is 2.93. The van der Waals surface area contributed by atoms with Gasteiger partial charge in [-0.1, -0.05) is 21.4 Å². The van der Waals surface area contributed by atoms with Crippen LogP contribution < -0.4 is 10.5 Å². The molecule has 2 N–H and O–H groups in total. The quantitative estimate of drug-likeness (QED) is 0.811. The topological polar surface area (TPSA) is 52.3 Å². The summed E-state index contributed by atoms with van der Waals surface area (Å²) in [5.74, 6) is 0.719. The summed E-state index contributed by atoms with van der Waals surface area (Å²) >= 11 is 0. The van der Waals surface area contributed by atoms with Crippen LogP contribution in [0.3, 0.4) is 0 Å². The first-order valence-corrected chi connectivity index (χ1v) is 6.42. The van der Waals surface area contributed by atoms with E-state index in [4.69, 9.17) is 10.5 Å². The number of primary amides is 1. The van der Waals surface area contributed by atoms with E-state index in [-0.39, 0.29) is 11.2 Å². The third-order valence-corrected chi connectivity index (χ3v) is 4.04. The highest BCUT2D eigenvalue weighted by molar-refractivity contribution is 7.18. The summed E-state index contributed by atoms with van der Waals surface area (Å²) in [7, 11) is 2.72. The standard InChI is InChI=1S/C13H16NO2P/c1-12(17)7-8-6-9(2-3-10(8)16-12)13(4-5-13)11(14)15/h2-3,6H,4-5,7,17H2,1H3,(H2,14,15). The highest BCUT2D eigenvalue weighted by Crippen LogP contribution is 2.50. The van der Waals surface area contributed by atoms with Crippen LogP contribution in [-0.2, 0) is 16.6 Å². The molecule has 1 aliphatic heterocycles. The van der Waals surface area contributed by atoms with Crippen molar-refractivity contribution in [3.8, 4) is 5.75 Å². The molecule has 90 valence electrons. The molecule has 0 saturated heterocycles. The molecule has 0 radical (unpaired) electrons. The van der Waals surface area contributed by atoms with E-state index in [1.165, 1.54) is 5.56 Å². The second-order valence-corrected chi connectivity index (χ2v) is 6.58. The number of carbonyl (C=O) groups excluding carboxylic acids is 1. The normalized spacial score (nSPS) is 28.4. The largest absolute Gasteiger partial charge is 0.483 e. The van der Waals surface area contributed by atoms with Gasteiger partial charge < -0.3 is 10.5 Å². The second kappa shape index (κ2) is 3.23. The molecule has 1 aromatic rings. The Hall–Kier alpha value is -1.08. The van der Waals surface area contributed by atoms with Crippen LogP contribution in [-0.4, -0.2) is 11.2 Å². The minimum Gasteiger partial charge on any atom is -0.483 e. The first-order valence-electron chi connectivity index (χ1n) is 5.84. The highest BCUT2D eigenvalue weighted by atomic mass is 31.0. The molecule has 0 aromatic heterocycles. The summed E-state index contributed by atoms with van der Waals surface area (Å²) in [4.78, 5) is 11.5. The van der Waals surface area contributed by atoms with Crippen molar-refractivity contribution < 1.29 is 9.53 Å². The minimum absolute atomic E-state index is 0.204. The van der Waals surface area contributed by atoms with Crippen LogP contribution in [0.25, 0.3) is 0 Å². The van der Waals surface area contributed by atoms with Gasteiger partial charge in [0.1, 0.15) is 11.1 Å². The Morgan fingerprint density at radius 3 is 2.76 bits per heavy atom. The third kappa shape index (κ3) is 1.64. The fraction of sp³-hybridized carbons (Fsp3) is 0.462. The average molecular weight is 249 g/mol. The number of benzene rings is 1. The Morgan fingerprint density at radius 1 is 1.47 bits per heavy atom. The molecule has 0 bridgehead atoms. The zero-order chi connectivity index (χ0) is 12.3. The molecule has 1 amide bonds. The third-order valence-electron chi connectivity index (χ3n) is 3.72. The first-order chi connectivity index (χ1) is 7.93. The number of rotatable bonds is 2. The van der Waals surface area contributed by atoms with Crippen LogP contribution >= 0.6 is 9.24 Å². The lowest BCUT2D eigenvalue weighted by Crippen LogP contribution is -2.28. The van der Waals surface area contributed by atoms with Crippen LogP contribution in [0.5, 0.6) is 5.75 Å². The molecule has 2 atom stereocenters. The smallest absolute Gasteiger partial charge is 0.228 e. The van der Waals surface area contributed by atoms with Gasteiger partial charge in [0.05, 0.1) is 5.41 Å². The van der Waals surface area contributed by atoms with Gasteiger partial charge in [0, 0.05) is 6.42 Å². The van der Waals surface area contributed by atoms with Crippen molar-refractivity contribution in [1.29, 1.82) is 0 Å². The molecule has 1 aliphatic carbocycles. The lowest BCUT2D eigenvalue weighted by molar-refractivity contribution is -0.120. The van der Waals surface area contributed by atoms with E-state index in [1.54, 1.807) is 0 Å². The van der Waals surface area contributed by atoms with Gasteiger partial charge >= 0.3 is 0 Å². The number of hydrogen-bond donors (Lipinski definition) is 1. The number of hydrogen-bond acceptors (Lipinski definition) is 2. The predicted molar refractivity (Wildman–Crippen MR) is 69.0 cm³/mol. The molecule has 3 rings (SSSR count). The first kappa shape index (κ1) is 11.0. The van der Waals surface area contributed by atoms with Gasteiger partial charge in [-0.15, -0.1) is 0 Å². The molecule has 1 saturated carbocycles. The number of fused-ring (bicyclic) bond motifs is 1. The molecular weight excluding hydrogens is 233 g/mol. The monoisotopic (exact) mass is 249 g/mol. The maximum Gasteiger partial charge on any atom is 0.228 e. The van der Waals surface area contributed by atoms with Crippen LogP contribution in [0.1, 0.15) is 30.9 Å². The van der Waals surface area contributed by atoms with Crippen molar-refractivity contribution in [3.05, 3.63) is 29.3 Å². The maximum atomic E-state index is 11.5. The number of ether oxygens (including phenoxy) is 1. The molecule has 2 unspecified atom stereocenters. The molecule has 1 fully saturated rings. The molecule has 17 heavy (non-hydrogen) atoms. The Kier molecular flexibility index (Phi) is 2.10. The fourth-order valence-electron chi connectivity index (χ4n) is 2.58. The van der Waals surface area contributed by atoms with Gasteiger partial charge in [0.25, 0.3) is 0 Å². The van der Waals surface area contributed by atoms with Gasteiger partial charge in [-0.25, -0.2) is 0 Å². The van der Waals surface area contributed by atoms with E-state index in [9.17, 15) is 4.79 Å². The summed E-state index contributed by atoms with van der Waals surface area (Å²) in [5.41, 5.74) is 7.32. The van der Waals surface area contributed by atoms with Crippen LogP contribution in [0.2, 0.25) is 0 Å². The van der Waals surface area contributed by atoms with E-state index in [2.05, 4.69) is 15.3 Å². The second-order valence-electron chi connectivity index (χ2n) is 5.36. The summed E-state index contributed by atoms with van der Waals surface area (Å²) < 4.78 is 5.79. The SMILES string of the molecule is CC1(P)Cc2cc(C3(C(N)=O)CC3)ccc2O1. The van der Waals surface area contributed by atoms with Crippen molar-refractivity contribution in [2.24, 2.45) is 5.73 Å². The van der Waals surface area contributed by atoms with Gasteiger partial charge in [0.2, 0.25) is 5.91 Å². The number of carbonyl (C=O) groups is 1. The zero-order valence-corrected chi connectivity index (χ0v) is 11.0. The van der Waals surface area contributed by atoms with Crippen LogP contribution in [0, 0.1) is 0 Å². The van der Waals surface area contributed by atoms with Crippen molar-refractivity contribution >= 4 is 15.1 Å². The molecule has 1 heterocycles. The van der Waals surface area contributed by atoms with Crippen molar-refractivity contribution in [2.45, 2.75) is 36.9 Å². The van der Waals surface area contributed by atoms with Gasteiger partial charge in [0.15, 0.2) is 0 Å². The Balaban J connectivity index is 1.99. The Bertz CT molecular complexity index is 506. The Labute approximate surface area is 103 Å². The van der Waals surface area contributed by atoms with Crippen LogP contribution in [0.4, 0.5) is 0 Å². The summed E-state index contributed by atoms with van der Waals surface area (Å²) in [6.45, 7) is 2.04. The summed E-state index contributed by atoms with van der Waals surface area (Å²) in [6, 6.07) is 6.02. The average Bonchev–Trinajstić information content (AvgIpc) is 2.95. The molecule has 3 nitrogen and oxygen atoms in total. The molecule has 4 heteroatoms. The van der Waals surface area contributed by atoms with Crippen molar-refractivity contribution in [3.63, 3.8) is 0 Å². The van der Waals surface area contributed by atoms with E-state index in [1.807, 2.05) is 19.1 Å². The van der Waals surface area contributed by atoms with Crippen molar-refractivity contribution in [1.82, 2.24) is 0 Å².